The zero-order valence-electron chi connectivity index (χ0n) is 23.4. The van der Waals surface area contributed by atoms with E-state index in [9.17, 15) is 22.8 Å². The maximum absolute atomic E-state index is 13.8. The first-order valence-electron chi connectivity index (χ1n) is 13.9. The van der Waals surface area contributed by atoms with Gasteiger partial charge in [-0.3, -0.25) is 9.59 Å². The predicted molar refractivity (Wildman–Crippen MR) is 164 cm³/mol. The third-order valence-corrected chi connectivity index (χ3v) is 8.01. The van der Waals surface area contributed by atoms with Gasteiger partial charge in [0.15, 0.2) is 11.6 Å². The Balaban J connectivity index is 1.30. The monoisotopic (exact) mass is 641 g/mol. The zero-order chi connectivity index (χ0) is 31.2. The minimum absolute atomic E-state index is 0.0184. The molecule has 4 aromatic rings. The summed E-state index contributed by atoms with van der Waals surface area (Å²) in [4.78, 5) is 28.2. The zero-order valence-corrected chi connectivity index (χ0v) is 24.9. The van der Waals surface area contributed by atoms with Crippen molar-refractivity contribution in [3.05, 3.63) is 134 Å². The van der Waals surface area contributed by atoms with E-state index in [1.165, 1.54) is 18.2 Å². The van der Waals surface area contributed by atoms with Gasteiger partial charge in [-0.25, -0.2) is 13.2 Å². The Hall–Kier alpha value is -4.05. The van der Waals surface area contributed by atoms with Gasteiger partial charge in [0, 0.05) is 30.9 Å². The lowest BCUT2D eigenvalue weighted by Gasteiger charge is -2.27. The molecule has 44 heavy (non-hydrogen) atoms. The molecule has 2 amide bonds. The van der Waals surface area contributed by atoms with Gasteiger partial charge in [-0.15, -0.1) is 0 Å². The fraction of sp³-hybridized carbons (Fsp3) is 0.212. The molecule has 2 N–H and O–H groups in total. The molecule has 5 rings (SSSR count). The fourth-order valence-corrected chi connectivity index (χ4v) is 5.65. The van der Waals surface area contributed by atoms with Crippen molar-refractivity contribution in [3.63, 3.8) is 0 Å². The summed E-state index contributed by atoms with van der Waals surface area (Å²) in [5.41, 5.74) is 3.10. The maximum atomic E-state index is 13.8. The lowest BCUT2D eigenvalue weighted by molar-refractivity contribution is 0.0806. The van der Waals surface area contributed by atoms with E-state index in [1.54, 1.807) is 12.1 Å². The molecule has 228 valence electrons. The summed E-state index contributed by atoms with van der Waals surface area (Å²) in [6, 6.07) is 19.7. The maximum Gasteiger partial charge on any atom is 0.254 e. The number of fused-ring (bicyclic) bond motifs is 1. The van der Waals surface area contributed by atoms with Crippen LogP contribution >= 0.6 is 23.2 Å². The van der Waals surface area contributed by atoms with Crippen LogP contribution in [0.3, 0.4) is 0 Å². The molecular formula is C33H28Cl2F3N3O3. The molecule has 6 nitrogen and oxygen atoms in total. The lowest BCUT2D eigenvalue weighted by atomic mass is 10.1. The van der Waals surface area contributed by atoms with Crippen molar-refractivity contribution in [3.8, 4) is 0 Å². The van der Waals surface area contributed by atoms with Gasteiger partial charge in [0.1, 0.15) is 5.82 Å². The van der Waals surface area contributed by atoms with Gasteiger partial charge in [0.2, 0.25) is 0 Å². The van der Waals surface area contributed by atoms with Crippen LogP contribution in [0.4, 0.5) is 18.9 Å². The minimum Gasteiger partial charge on any atom is -0.375 e. The van der Waals surface area contributed by atoms with Crippen molar-refractivity contribution in [2.45, 2.75) is 25.6 Å². The molecule has 0 spiro atoms. The SMILES string of the molecule is O=C(NCc1ccc(Cl)c(C(=O)N[C@@H](COCc2ccccc2)CN2CCc3cc(F)ccc32)c1Cl)c1ccc(F)c(F)c1. The molecule has 11 heteroatoms. The van der Waals surface area contributed by atoms with Crippen LogP contribution in [0, 0.1) is 17.5 Å². The number of halogens is 5. The molecule has 1 aliphatic rings. The van der Waals surface area contributed by atoms with E-state index >= 15 is 0 Å². The van der Waals surface area contributed by atoms with Crippen LogP contribution in [0.2, 0.25) is 10.0 Å². The highest BCUT2D eigenvalue weighted by Crippen LogP contribution is 2.30. The van der Waals surface area contributed by atoms with E-state index in [4.69, 9.17) is 27.9 Å². The second kappa shape index (κ2) is 14.2. The smallest absolute Gasteiger partial charge is 0.254 e. The highest BCUT2D eigenvalue weighted by atomic mass is 35.5. The Kier molecular flexibility index (Phi) is 10.1. The van der Waals surface area contributed by atoms with E-state index in [2.05, 4.69) is 15.5 Å². The van der Waals surface area contributed by atoms with Crippen molar-refractivity contribution >= 4 is 40.7 Å². The summed E-state index contributed by atoms with van der Waals surface area (Å²) in [5.74, 6) is -3.70. The summed E-state index contributed by atoms with van der Waals surface area (Å²) in [6.07, 6.45) is 0.675. The Morgan fingerprint density at radius 2 is 1.70 bits per heavy atom. The van der Waals surface area contributed by atoms with Crippen LogP contribution in [0.25, 0.3) is 0 Å². The average Bonchev–Trinajstić information content (AvgIpc) is 3.39. The molecule has 0 fully saturated rings. The van der Waals surface area contributed by atoms with Crippen molar-refractivity contribution in [1.29, 1.82) is 0 Å². The number of ether oxygens (including phenoxy) is 1. The molecule has 0 unspecified atom stereocenters. The Labute approximate surface area is 262 Å². The number of carbonyl (C=O) groups is 2. The first kappa shape index (κ1) is 31.4. The van der Waals surface area contributed by atoms with Crippen LogP contribution in [-0.4, -0.2) is 37.6 Å². The highest BCUT2D eigenvalue weighted by molar-refractivity contribution is 6.40. The third kappa shape index (κ3) is 7.53. The van der Waals surface area contributed by atoms with Gasteiger partial charge in [-0.1, -0.05) is 59.6 Å². The predicted octanol–water partition coefficient (Wildman–Crippen LogP) is 6.72. The first-order valence-corrected chi connectivity index (χ1v) is 14.6. The Morgan fingerprint density at radius 1 is 0.909 bits per heavy atom. The number of hydrogen-bond donors (Lipinski definition) is 2. The fourth-order valence-electron chi connectivity index (χ4n) is 5.04. The highest BCUT2D eigenvalue weighted by Gasteiger charge is 2.26. The number of nitrogens with zero attached hydrogens (tertiary/aromatic N) is 1. The van der Waals surface area contributed by atoms with E-state index in [0.717, 1.165) is 35.0 Å². The van der Waals surface area contributed by atoms with Crippen molar-refractivity contribution in [1.82, 2.24) is 10.6 Å². The molecular weight excluding hydrogens is 614 g/mol. The average molecular weight is 643 g/mol. The number of rotatable bonds is 11. The summed E-state index contributed by atoms with van der Waals surface area (Å²) in [7, 11) is 0. The quantitative estimate of drug-likeness (QED) is 0.191. The second-order valence-electron chi connectivity index (χ2n) is 10.3. The molecule has 0 saturated heterocycles. The molecule has 1 aliphatic heterocycles. The Morgan fingerprint density at radius 3 is 2.48 bits per heavy atom. The number of carbonyl (C=O) groups excluding carboxylic acids is 2. The summed E-state index contributed by atoms with van der Waals surface area (Å²) in [6.45, 7) is 1.45. The minimum atomic E-state index is -1.15. The number of amides is 2. The van der Waals surface area contributed by atoms with Crippen LogP contribution in [0.1, 0.15) is 37.4 Å². The van der Waals surface area contributed by atoms with Crippen LogP contribution in [0.15, 0.2) is 78.9 Å². The van der Waals surface area contributed by atoms with E-state index < -0.39 is 29.5 Å². The molecule has 0 radical (unpaired) electrons. The summed E-state index contributed by atoms with van der Waals surface area (Å²) >= 11 is 13.0. The van der Waals surface area contributed by atoms with Crippen LogP contribution < -0.4 is 15.5 Å². The normalized spacial score (nSPS) is 13.0. The molecule has 1 heterocycles. The molecule has 0 saturated carbocycles. The molecule has 4 aromatic carbocycles. The number of anilines is 1. The second-order valence-corrected chi connectivity index (χ2v) is 11.1. The number of benzene rings is 4. The Bertz CT molecular complexity index is 1670. The molecule has 0 aliphatic carbocycles. The lowest BCUT2D eigenvalue weighted by Crippen LogP contribution is -2.46. The van der Waals surface area contributed by atoms with Gasteiger partial charge < -0.3 is 20.3 Å². The van der Waals surface area contributed by atoms with Crippen LogP contribution in [-0.2, 0) is 24.3 Å². The first-order chi connectivity index (χ1) is 21.2. The summed E-state index contributed by atoms with van der Waals surface area (Å²) < 4.78 is 46.6. The van der Waals surface area contributed by atoms with E-state index in [-0.39, 0.29) is 40.1 Å². The molecule has 0 bridgehead atoms. The number of nitrogens with one attached hydrogen (secondary N) is 2. The standard InChI is InChI=1S/C33H28Cl2F3N3O3/c34-26-9-6-23(16-39-32(42)22-7-10-27(37)28(38)15-22)31(35)30(26)33(43)40-25(19-44-18-20-4-2-1-3-5-20)17-41-13-12-21-14-24(36)8-11-29(21)41/h1-11,14-15,25H,12-13,16-19H2,(H,39,42)(H,40,43)/t25-/m1/s1. The van der Waals surface area contributed by atoms with Crippen molar-refractivity contribution in [2.75, 3.05) is 24.6 Å². The van der Waals surface area contributed by atoms with E-state index in [0.29, 0.717) is 31.7 Å². The topological polar surface area (TPSA) is 70.7 Å². The largest absolute Gasteiger partial charge is 0.375 e. The van der Waals surface area contributed by atoms with Gasteiger partial charge in [-0.2, -0.15) is 0 Å². The third-order valence-electron chi connectivity index (χ3n) is 7.26. The van der Waals surface area contributed by atoms with Gasteiger partial charge in [-0.05, 0) is 65.6 Å². The van der Waals surface area contributed by atoms with Gasteiger partial charge in [0.05, 0.1) is 34.9 Å². The van der Waals surface area contributed by atoms with Gasteiger partial charge in [0.25, 0.3) is 11.8 Å². The molecule has 1 atom stereocenters. The van der Waals surface area contributed by atoms with Crippen molar-refractivity contribution < 1.29 is 27.5 Å². The summed E-state index contributed by atoms with van der Waals surface area (Å²) in [5, 5.41) is 5.72. The van der Waals surface area contributed by atoms with Crippen LogP contribution in [0.5, 0.6) is 0 Å². The van der Waals surface area contributed by atoms with Gasteiger partial charge >= 0.3 is 0 Å². The van der Waals surface area contributed by atoms with Crippen molar-refractivity contribution in [2.24, 2.45) is 0 Å². The molecule has 0 aromatic heterocycles. The van der Waals surface area contributed by atoms with E-state index in [1.807, 2.05) is 30.3 Å². The number of hydrogen-bond acceptors (Lipinski definition) is 4.